The third-order valence-corrected chi connectivity index (χ3v) is 4.97. The molecule has 0 unspecified atom stereocenters. The number of nitrogens with zero attached hydrogens (tertiary/aromatic N) is 1. The Kier molecular flexibility index (Phi) is 6.64. The minimum Gasteiger partial charge on any atom is -0.368 e. The Hall–Kier alpha value is -2.30. The van der Waals surface area contributed by atoms with E-state index >= 15 is 0 Å². The van der Waals surface area contributed by atoms with Gasteiger partial charge in [-0.1, -0.05) is 20.8 Å². The summed E-state index contributed by atoms with van der Waals surface area (Å²) in [7, 11) is -4.98. The van der Waals surface area contributed by atoms with Gasteiger partial charge in [0.15, 0.2) is 0 Å². The zero-order valence-corrected chi connectivity index (χ0v) is 15.3. The number of hydrogen-bond acceptors (Lipinski definition) is 6. The Morgan fingerprint density at radius 3 is 2.35 bits per heavy atom. The lowest BCUT2D eigenvalue weighted by Gasteiger charge is -2.22. The molecule has 11 heteroatoms. The molecule has 1 aromatic rings. The average molecular weight is 393 g/mol. The highest BCUT2D eigenvalue weighted by molar-refractivity contribution is 7.91. The highest BCUT2D eigenvalue weighted by Gasteiger charge is 2.30. The fourth-order valence-corrected chi connectivity index (χ4v) is 2.85. The fraction of sp³-hybridized carbons (Fsp3) is 0.533. The Balaban J connectivity index is 3.23. The molecule has 0 radical (unpaired) electrons. The summed E-state index contributed by atoms with van der Waals surface area (Å²) < 4.78 is 48.2. The maximum atomic E-state index is 12.6. The quantitative estimate of drug-likeness (QED) is 0.515. The molecule has 1 rings (SSSR count). The average Bonchev–Trinajstić information content (AvgIpc) is 2.49. The maximum Gasteiger partial charge on any atom is 0.341 e. The van der Waals surface area contributed by atoms with Crippen LogP contribution >= 0.6 is 0 Å². The van der Waals surface area contributed by atoms with Gasteiger partial charge in [0, 0.05) is 6.07 Å². The smallest absolute Gasteiger partial charge is 0.341 e. The summed E-state index contributed by atoms with van der Waals surface area (Å²) in [4.78, 5) is 21.0. The second kappa shape index (κ2) is 7.94. The van der Waals surface area contributed by atoms with Gasteiger partial charge in [0.05, 0.1) is 9.82 Å². The number of sulfone groups is 1. The largest absolute Gasteiger partial charge is 0.368 e. The molecule has 0 saturated heterocycles. The van der Waals surface area contributed by atoms with Gasteiger partial charge >= 0.3 is 5.76 Å². The Bertz CT molecular complexity index is 791. The first-order chi connectivity index (χ1) is 11.8. The molecule has 0 saturated carbocycles. The summed E-state index contributed by atoms with van der Waals surface area (Å²) in [6.45, 7) is 5.83. The van der Waals surface area contributed by atoms with Crippen molar-refractivity contribution in [2.45, 2.75) is 50.3 Å². The van der Waals surface area contributed by atoms with Crippen molar-refractivity contribution in [2.24, 2.45) is 11.1 Å². The van der Waals surface area contributed by atoms with Crippen LogP contribution in [-0.4, -0.2) is 31.0 Å². The number of nitrogens with two attached hydrogens (primary N) is 1. The van der Waals surface area contributed by atoms with Gasteiger partial charge in [-0.05, 0) is 30.4 Å². The lowest BCUT2D eigenvalue weighted by atomic mass is 9.88. The van der Waals surface area contributed by atoms with E-state index in [-0.39, 0.29) is 17.5 Å². The fourth-order valence-electron chi connectivity index (χ4n) is 2.12. The summed E-state index contributed by atoms with van der Waals surface area (Å²) in [5.41, 5.74) is 4.28. The van der Waals surface area contributed by atoms with Gasteiger partial charge in [-0.15, -0.1) is 0 Å². The van der Waals surface area contributed by atoms with E-state index in [1.54, 1.807) is 0 Å². The molecule has 1 aromatic carbocycles. The van der Waals surface area contributed by atoms with Crippen LogP contribution in [0.1, 0.15) is 33.6 Å². The van der Waals surface area contributed by atoms with Crippen molar-refractivity contribution in [1.82, 2.24) is 0 Å². The number of carbonyl (C=O) groups is 1. The number of primary amides is 1. The van der Waals surface area contributed by atoms with Crippen LogP contribution in [0.25, 0.3) is 0 Å². The first kappa shape index (κ1) is 21.7. The van der Waals surface area contributed by atoms with Gasteiger partial charge in [0.2, 0.25) is 15.7 Å². The first-order valence-corrected chi connectivity index (χ1v) is 9.16. The zero-order valence-electron chi connectivity index (χ0n) is 14.5. The van der Waals surface area contributed by atoms with Crippen LogP contribution in [-0.2, 0) is 14.6 Å². The van der Waals surface area contributed by atoms with Gasteiger partial charge in [-0.3, -0.25) is 14.9 Å². The van der Waals surface area contributed by atoms with Crippen LogP contribution in [0.4, 0.5) is 20.2 Å². The summed E-state index contributed by atoms with van der Waals surface area (Å²) in [6.07, 6.45) is 0.867. The van der Waals surface area contributed by atoms with Crippen LogP contribution in [0.5, 0.6) is 0 Å². The zero-order chi connectivity index (χ0) is 20.3. The predicted molar refractivity (Wildman–Crippen MR) is 91.6 cm³/mol. The molecule has 26 heavy (non-hydrogen) atoms. The number of nitro groups is 1. The number of rotatable bonds is 8. The minimum atomic E-state index is -4.98. The van der Waals surface area contributed by atoms with Crippen molar-refractivity contribution in [3.8, 4) is 0 Å². The number of benzene rings is 1. The number of alkyl halides is 2. The Labute approximate surface area is 149 Å². The number of carbonyl (C=O) groups excluding carboxylic acids is 1. The molecule has 1 amide bonds. The summed E-state index contributed by atoms with van der Waals surface area (Å²) in [5, 5.41) is 13.8. The SMILES string of the molecule is CC(C)(C)CC[C@H](Nc1ccc(S(=O)(=O)C(F)F)cc1[N+](=O)[O-])C(N)=O. The third kappa shape index (κ3) is 5.61. The van der Waals surface area contributed by atoms with Crippen LogP contribution in [0.3, 0.4) is 0 Å². The monoisotopic (exact) mass is 393 g/mol. The highest BCUT2D eigenvalue weighted by Crippen LogP contribution is 2.31. The van der Waals surface area contributed by atoms with Gasteiger partial charge in [-0.2, -0.15) is 8.78 Å². The van der Waals surface area contributed by atoms with Crippen molar-refractivity contribution in [1.29, 1.82) is 0 Å². The van der Waals surface area contributed by atoms with E-state index in [0.717, 1.165) is 12.1 Å². The van der Waals surface area contributed by atoms with E-state index in [1.807, 2.05) is 20.8 Å². The Morgan fingerprint density at radius 1 is 1.35 bits per heavy atom. The summed E-state index contributed by atoms with van der Waals surface area (Å²) >= 11 is 0. The number of amides is 1. The van der Waals surface area contributed by atoms with Crippen molar-refractivity contribution in [3.05, 3.63) is 28.3 Å². The molecule has 0 fully saturated rings. The van der Waals surface area contributed by atoms with E-state index in [1.165, 1.54) is 0 Å². The van der Waals surface area contributed by atoms with Gasteiger partial charge in [0.1, 0.15) is 11.7 Å². The lowest BCUT2D eigenvalue weighted by Crippen LogP contribution is -2.36. The van der Waals surface area contributed by atoms with Crippen LogP contribution in [0, 0.1) is 15.5 Å². The molecule has 0 aliphatic heterocycles. The molecule has 0 aliphatic carbocycles. The molecular weight excluding hydrogens is 372 g/mol. The second-order valence-corrected chi connectivity index (χ2v) is 8.86. The van der Waals surface area contributed by atoms with Crippen molar-refractivity contribution in [3.63, 3.8) is 0 Å². The number of hydrogen-bond donors (Lipinski definition) is 2. The summed E-state index contributed by atoms with van der Waals surface area (Å²) in [6, 6.07) is 1.38. The van der Waals surface area contributed by atoms with Gasteiger partial charge < -0.3 is 11.1 Å². The number of nitro benzene ring substituents is 1. The van der Waals surface area contributed by atoms with Crippen molar-refractivity contribution < 1.29 is 26.9 Å². The van der Waals surface area contributed by atoms with Crippen molar-refractivity contribution >= 4 is 27.1 Å². The van der Waals surface area contributed by atoms with E-state index < -0.39 is 43.0 Å². The molecule has 8 nitrogen and oxygen atoms in total. The van der Waals surface area contributed by atoms with E-state index in [4.69, 9.17) is 5.73 Å². The lowest BCUT2D eigenvalue weighted by molar-refractivity contribution is -0.384. The molecule has 0 spiro atoms. The molecule has 0 aliphatic rings. The second-order valence-electron chi connectivity index (χ2n) is 6.94. The van der Waals surface area contributed by atoms with Crippen LogP contribution in [0.2, 0.25) is 0 Å². The van der Waals surface area contributed by atoms with E-state index in [2.05, 4.69) is 5.32 Å². The summed E-state index contributed by atoms with van der Waals surface area (Å²) in [5.74, 6) is -4.45. The van der Waals surface area contributed by atoms with E-state index in [0.29, 0.717) is 12.5 Å². The Morgan fingerprint density at radius 2 is 1.92 bits per heavy atom. The maximum absolute atomic E-state index is 12.6. The number of halogens is 2. The topological polar surface area (TPSA) is 132 Å². The third-order valence-electron chi connectivity index (χ3n) is 3.59. The van der Waals surface area contributed by atoms with Crippen LogP contribution in [0.15, 0.2) is 23.1 Å². The first-order valence-electron chi connectivity index (χ1n) is 7.62. The standard InChI is InChI=1S/C15H21F2N3O5S/c1-15(2,3)7-6-11(13(18)21)19-10-5-4-9(8-12(10)20(22)23)26(24,25)14(16)17/h4-5,8,11,14,19H,6-7H2,1-3H3,(H2,18,21)/t11-/m0/s1. The highest BCUT2D eigenvalue weighted by atomic mass is 32.2. The normalized spacial score (nSPS) is 13.5. The molecule has 0 bridgehead atoms. The molecule has 0 heterocycles. The minimum absolute atomic E-state index is 0.115. The molecule has 1 atom stereocenters. The molecule has 146 valence electrons. The molecule has 3 N–H and O–H groups in total. The number of anilines is 1. The molecule has 0 aromatic heterocycles. The van der Waals surface area contributed by atoms with Crippen LogP contribution < -0.4 is 11.1 Å². The number of nitrogens with one attached hydrogen (secondary N) is 1. The predicted octanol–water partition coefficient (Wildman–Crippen LogP) is 2.68. The van der Waals surface area contributed by atoms with Gasteiger partial charge in [0.25, 0.3) is 5.69 Å². The van der Waals surface area contributed by atoms with Gasteiger partial charge in [-0.25, -0.2) is 8.42 Å². The van der Waals surface area contributed by atoms with E-state index in [9.17, 15) is 32.1 Å². The molecular formula is C15H21F2N3O5S. The van der Waals surface area contributed by atoms with Crippen molar-refractivity contribution in [2.75, 3.05) is 5.32 Å².